The van der Waals surface area contributed by atoms with E-state index in [0.29, 0.717) is 21.3 Å². The molecule has 0 spiro atoms. The summed E-state index contributed by atoms with van der Waals surface area (Å²) in [4.78, 5) is 27.3. The fourth-order valence-corrected chi connectivity index (χ4v) is 5.59. The van der Waals surface area contributed by atoms with Crippen LogP contribution in [0.3, 0.4) is 0 Å². The van der Waals surface area contributed by atoms with Crippen LogP contribution in [0, 0.1) is 6.92 Å². The maximum atomic E-state index is 13.6. The fourth-order valence-electron chi connectivity index (χ4n) is 3.71. The van der Waals surface area contributed by atoms with E-state index in [-0.39, 0.29) is 17.9 Å². The second kappa shape index (κ2) is 9.27. The summed E-state index contributed by atoms with van der Waals surface area (Å²) in [6.07, 6.45) is -0.274. The van der Waals surface area contributed by atoms with E-state index in [4.69, 9.17) is 23.2 Å². The number of carbonyl (C=O) groups is 2. The van der Waals surface area contributed by atoms with Gasteiger partial charge in [-0.3, -0.25) is 9.59 Å². The number of rotatable bonds is 6. The van der Waals surface area contributed by atoms with Gasteiger partial charge in [0.2, 0.25) is 15.9 Å². The van der Waals surface area contributed by atoms with Crippen LogP contribution in [0.4, 0.5) is 5.69 Å². The van der Waals surface area contributed by atoms with Crippen LogP contribution >= 0.6 is 23.2 Å². The van der Waals surface area contributed by atoms with Gasteiger partial charge in [0.15, 0.2) is 0 Å². The molecule has 0 aromatic heterocycles. The van der Waals surface area contributed by atoms with Crippen LogP contribution < -0.4 is 4.90 Å². The van der Waals surface area contributed by atoms with Gasteiger partial charge in [-0.25, -0.2) is 13.3 Å². The molecule has 0 bridgehead atoms. The molecule has 0 saturated carbocycles. The quantitative estimate of drug-likeness (QED) is 0.452. The number of aryl methyl sites for hydroxylation is 1. The van der Waals surface area contributed by atoms with Gasteiger partial charge in [0.1, 0.15) is 6.04 Å². The fraction of sp³-hybridized carbons (Fsp3) is 0.167. The van der Waals surface area contributed by atoms with Crippen molar-refractivity contribution in [2.45, 2.75) is 30.8 Å². The van der Waals surface area contributed by atoms with Gasteiger partial charge in [-0.15, -0.1) is 0 Å². The van der Waals surface area contributed by atoms with E-state index >= 15 is 0 Å². The van der Waals surface area contributed by atoms with E-state index in [1.54, 1.807) is 48.5 Å². The van der Waals surface area contributed by atoms with Gasteiger partial charge in [0.05, 0.1) is 17.0 Å². The van der Waals surface area contributed by atoms with E-state index in [2.05, 4.69) is 0 Å². The number of hydrogen-bond acceptors (Lipinski definition) is 4. The predicted molar refractivity (Wildman–Crippen MR) is 128 cm³/mol. The molecule has 6 nitrogen and oxygen atoms in total. The number of carbonyl (C=O) groups excluding carboxylic acids is 2. The van der Waals surface area contributed by atoms with Gasteiger partial charge in [-0.2, -0.15) is 4.31 Å². The molecule has 4 rings (SSSR count). The molecule has 3 aromatic carbocycles. The molecule has 1 unspecified atom stereocenters. The zero-order chi connectivity index (χ0) is 23.8. The van der Waals surface area contributed by atoms with Crippen molar-refractivity contribution in [2.24, 2.45) is 0 Å². The highest BCUT2D eigenvalue weighted by Gasteiger charge is 2.47. The molecule has 0 aliphatic carbocycles. The lowest BCUT2D eigenvalue weighted by Crippen LogP contribution is -2.45. The molecule has 3 aromatic rings. The second-order valence-electron chi connectivity index (χ2n) is 7.72. The maximum absolute atomic E-state index is 13.6. The molecule has 1 aliphatic heterocycles. The van der Waals surface area contributed by atoms with Crippen molar-refractivity contribution >= 4 is 50.7 Å². The molecule has 0 radical (unpaired) electrons. The number of anilines is 1. The molecule has 2 amide bonds. The summed E-state index contributed by atoms with van der Waals surface area (Å²) < 4.78 is 28.3. The first-order valence-corrected chi connectivity index (χ1v) is 12.3. The first-order valence-electron chi connectivity index (χ1n) is 10.1. The largest absolute Gasteiger partial charge is 0.274 e. The van der Waals surface area contributed by atoms with Crippen molar-refractivity contribution in [3.63, 3.8) is 0 Å². The summed E-state index contributed by atoms with van der Waals surface area (Å²) in [6, 6.07) is 18.1. The molecule has 1 fully saturated rings. The van der Waals surface area contributed by atoms with Crippen molar-refractivity contribution in [3.8, 4) is 0 Å². The van der Waals surface area contributed by atoms with Crippen LogP contribution in [-0.4, -0.2) is 30.6 Å². The molecule has 33 heavy (non-hydrogen) atoms. The second-order valence-corrected chi connectivity index (χ2v) is 10.5. The van der Waals surface area contributed by atoms with Gasteiger partial charge in [-0.05, 0) is 55.0 Å². The molecule has 1 heterocycles. The number of nitrogens with zero attached hydrogens (tertiary/aromatic N) is 2. The highest BCUT2D eigenvalue weighted by molar-refractivity contribution is 7.89. The van der Waals surface area contributed by atoms with E-state index in [1.165, 1.54) is 24.3 Å². The van der Waals surface area contributed by atoms with Gasteiger partial charge in [-0.1, -0.05) is 59.1 Å². The Morgan fingerprint density at radius 2 is 1.58 bits per heavy atom. The van der Waals surface area contributed by atoms with E-state index in [0.717, 1.165) is 14.8 Å². The lowest BCUT2D eigenvalue weighted by molar-refractivity contribution is -0.122. The summed E-state index contributed by atoms with van der Waals surface area (Å²) >= 11 is 12.2. The number of sulfonamides is 1. The predicted octanol–water partition coefficient (Wildman–Crippen LogP) is 4.82. The minimum Gasteiger partial charge on any atom is -0.274 e. The minimum absolute atomic E-state index is 0.0343. The summed E-state index contributed by atoms with van der Waals surface area (Å²) in [5, 5.41) is 0.741. The normalized spacial score (nSPS) is 16.6. The van der Waals surface area contributed by atoms with E-state index in [9.17, 15) is 18.0 Å². The highest BCUT2D eigenvalue weighted by Crippen LogP contribution is 2.32. The summed E-state index contributed by atoms with van der Waals surface area (Å²) in [5.74, 6) is -1.07. The molecule has 1 aliphatic rings. The number of benzene rings is 3. The molecule has 1 atom stereocenters. The van der Waals surface area contributed by atoms with Crippen LogP contribution in [-0.2, 0) is 26.2 Å². The molecule has 170 valence electrons. The third-order valence-corrected chi connectivity index (χ3v) is 7.96. The maximum Gasteiger partial charge on any atom is 0.252 e. The van der Waals surface area contributed by atoms with Crippen molar-refractivity contribution in [1.82, 2.24) is 4.31 Å². The molecule has 1 saturated heterocycles. The van der Waals surface area contributed by atoms with Gasteiger partial charge >= 0.3 is 0 Å². The van der Waals surface area contributed by atoms with Crippen molar-refractivity contribution in [1.29, 1.82) is 0 Å². The highest BCUT2D eigenvalue weighted by atomic mass is 35.5. The Hall–Kier alpha value is -2.71. The van der Waals surface area contributed by atoms with Crippen LogP contribution in [0.2, 0.25) is 10.0 Å². The SMILES string of the molecule is Cc1ccc(N2C(=O)CC(N(Cc3ccccc3Cl)S(=O)(=O)c3ccc(Cl)cc3)C2=O)cc1. The topological polar surface area (TPSA) is 74.8 Å². The Morgan fingerprint density at radius 3 is 2.21 bits per heavy atom. The number of imide groups is 1. The Balaban J connectivity index is 1.77. The van der Waals surface area contributed by atoms with Crippen LogP contribution in [0.1, 0.15) is 17.5 Å². The van der Waals surface area contributed by atoms with E-state index in [1.807, 2.05) is 6.92 Å². The van der Waals surface area contributed by atoms with Crippen LogP contribution in [0.25, 0.3) is 0 Å². The number of halogens is 2. The average Bonchev–Trinajstić information content (AvgIpc) is 3.07. The first kappa shape index (κ1) is 23.4. The average molecular weight is 503 g/mol. The number of hydrogen-bond donors (Lipinski definition) is 0. The van der Waals surface area contributed by atoms with E-state index < -0.39 is 27.9 Å². The molecular formula is C24H20Cl2N2O4S. The first-order chi connectivity index (χ1) is 15.7. The lowest BCUT2D eigenvalue weighted by Gasteiger charge is -2.27. The van der Waals surface area contributed by atoms with Crippen molar-refractivity contribution in [3.05, 3.63) is 94.0 Å². The Labute approximate surface area is 202 Å². The standard InChI is InChI=1S/C24H20Cl2N2O4S/c1-16-6-10-19(11-7-16)28-23(29)14-22(24(28)30)27(15-17-4-2-3-5-21(17)26)33(31,32)20-12-8-18(25)9-13-20/h2-13,22H,14-15H2,1H3. The summed E-state index contributed by atoms with van der Waals surface area (Å²) in [6.45, 7) is 1.72. The van der Waals surface area contributed by atoms with Crippen LogP contribution in [0.5, 0.6) is 0 Å². The Bertz CT molecular complexity index is 1310. The third kappa shape index (κ3) is 4.68. The summed E-state index contributed by atoms with van der Waals surface area (Å²) in [5.41, 5.74) is 1.89. The zero-order valence-electron chi connectivity index (χ0n) is 17.6. The zero-order valence-corrected chi connectivity index (χ0v) is 19.9. The number of amides is 2. The summed E-state index contributed by atoms with van der Waals surface area (Å²) in [7, 11) is -4.17. The monoisotopic (exact) mass is 502 g/mol. The van der Waals surface area contributed by atoms with Gasteiger partial charge in [0.25, 0.3) is 5.91 Å². The van der Waals surface area contributed by atoms with Gasteiger partial charge < -0.3 is 0 Å². The van der Waals surface area contributed by atoms with Crippen molar-refractivity contribution < 1.29 is 18.0 Å². The Kier molecular flexibility index (Phi) is 6.59. The minimum atomic E-state index is -4.17. The molecule has 9 heteroatoms. The smallest absolute Gasteiger partial charge is 0.252 e. The van der Waals surface area contributed by atoms with Crippen LogP contribution in [0.15, 0.2) is 77.7 Å². The van der Waals surface area contributed by atoms with Crippen molar-refractivity contribution in [2.75, 3.05) is 4.90 Å². The third-order valence-electron chi connectivity index (χ3n) is 5.47. The lowest BCUT2D eigenvalue weighted by atomic mass is 10.2. The Morgan fingerprint density at radius 1 is 0.939 bits per heavy atom. The molecule has 0 N–H and O–H groups in total. The van der Waals surface area contributed by atoms with Gasteiger partial charge in [0, 0.05) is 16.6 Å². The molecular weight excluding hydrogens is 483 g/mol.